The average molecular weight is 295 g/mol. The first-order valence-corrected chi connectivity index (χ1v) is 6.43. The number of carbonyl (C=O) groups is 2. The monoisotopic (exact) mass is 294 g/mol. The number of allylic oxidation sites excluding steroid dienone is 1. The number of nitrogens with zero attached hydrogens (tertiary/aromatic N) is 1. The molecule has 1 aliphatic rings. The molecule has 2 rings (SSSR count). The lowest BCUT2D eigenvalue weighted by atomic mass is 9.95. The molecule has 1 N–H and O–H groups in total. The van der Waals surface area contributed by atoms with Crippen molar-refractivity contribution in [2.75, 3.05) is 14.2 Å². The van der Waals surface area contributed by atoms with Crippen molar-refractivity contribution in [1.29, 1.82) is 0 Å². The summed E-state index contributed by atoms with van der Waals surface area (Å²) in [6.07, 6.45) is 0. The molecule has 5 nitrogen and oxygen atoms in total. The first kappa shape index (κ1) is 14.4. The third-order valence-corrected chi connectivity index (χ3v) is 3.72. The second kappa shape index (κ2) is 5.54. The number of hydrogen-bond donors (Lipinski definition) is 1. The van der Waals surface area contributed by atoms with Crippen molar-refractivity contribution in [1.82, 2.24) is 10.2 Å². The molecule has 1 heterocycles. The van der Waals surface area contributed by atoms with E-state index in [9.17, 15) is 9.59 Å². The number of amides is 2. The molecular formula is C14H15ClN2O3. The van der Waals surface area contributed by atoms with E-state index in [0.717, 1.165) is 0 Å². The summed E-state index contributed by atoms with van der Waals surface area (Å²) in [7, 11) is 2.90. The number of nitrogens with one attached hydrogen (secondary N) is 1. The normalized spacial score (nSPS) is 18.9. The van der Waals surface area contributed by atoms with Crippen molar-refractivity contribution in [2.45, 2.75) is 13.0 Å². The van der Waals surface area contributed by atoms with E-state index in [4.69, 9.17) is 16.3 Å². The summed E-state index contributed by atoms with van der Waals surface area (Å²) in [5, 5.41) is 3.25. The molecule has 1 aliphatic heterocycles. The minimum absolute atomic E-state index is 0.292. The maximum atomic E-state index is 12.0. The maximum absolute atomic E-state index is 12.0. The molecule has 1 aromatic rings. The number of hydrogen-bond acceptors (Lipinski definition) is 3. The summed E-state index contributed by atoms with van der Waals surface area (Å²) < 4.78 is 4.82. The summed E-state index contributed by atoms with van der Waals surface area (Å²) in [4.78, 5) is 25.3. The highest BCUT2D eigenvalue weighted by atomic mass is 35.5. The molecule has 2 amide bonds. The Bertz CT molecular complexity index is 598. The van der Waals surface area contributed by atoms with Crippen molar-refractivity contribution in [3.05, 3.63) is 46.1 Å². The quantitative estimate of drug-likeness (QED) is 0.853. The van der Waals surface area contributed by atoms with Crippen LogP contribution in [-0.4, -0.2) is 31.1 Å². The van der Waals surface area contributed by atoms with E-state index in [1.165, 1.54) is 12.0 Å². The van der Waals surface area contributed by atoms with Gasteiger partial charge in [-0.2, -0.15) is 0 Å². The van der Waals surface area contributed by atoms with Gasteiger partial charge in [0, 0.05) is 17.8 Å². The van der Waals surface area contributed by atoms with Gasteiger partial charge in [0.05, 0.1) is 18.7 Å². The molecule has 0 unspecified atom stereocenters. The minimum atomic E-state index is -0.611. The molecule has 0 bridgehead atoms. The van der Waals surface area contributed by atoms with Crippen LogP contribution in [-0.2, 0) is 9.53 Å². The van der Waals surface area contributed by atoms with Gasteiger partial charge in [-0.05, 0) is 18.6 Å². The number of halogens is 1. The van der Waals surface area contributed by atoms with Crippen LogP contribution in [0, 0.1) is 0 Å². The van der Waals surface area contributed by atoms with Crippen LogP contribution in [0.5, 0.6) is 0 Å². The fourth-order valence-corrected chi connectivity index (χ4v) is 2.40. The smallest absolute Gasteiger partial charge is 0.337 e. The Labute approximate surface area is 122 Å². The molecule has 0 spiro atoms. The Kier molecular flexibility index (Phi) is 3.99. The third kappa shape index (κ3) is 2.36. The van der Waals surface area contributed by atoms with Gasteiger partial charge >= 0.3 is 12.0 Å². The highest BCUT2D eigenvalue weighted by Gasteiger charge is 2.35. The Balaban J connectivity index is 2.58. The molecule has 0 fully saturated rings. The molecular weight excluding hydrogens is 280 g/mol. The van der Waals surface area contributed by atoms with Crippen LogP contribution in [0.4, 0.5) is 4.79 Å². The number of urea groups is 1. The van der Waals surface area contributed by atoms with E-state index >= 15 is 0 Å². The molecule has 1 aromatic carbocycles. The van der Waals surface area contributed by atoms with Crippen LogP contribution in [0.1, 0.15) is 18.5 Å². The van der Waals surface area contributed by atoms with Gasteiger partial charge in [0.2, 0.25) is 0 Å². The van der Waals surface area contributed by atoms with Crippen LogP contribution in [0.25, 0.3) is 0 Å². The fourth-order valence-electron chi connectivity index (χ4n) is 2.15. The number of rotatable bonds is 2. The van der Waals surface area contributed by atoms with E-state index < -0.39 is 12.0 Å². The van der Waals surface area contributed by atoms with Crippen molar-refractivity contribution in [3.8, 4) is 0 Å². The SMILES string of the molecule is COC(=O)C1=C(C)N(C)C(=O)N[C@H]1c1ccccc1Cl. The number of methoxy groups -OCH3 is 1. The largest absolute Gasteiger partial charge is 0.466 e. The van der Waals surface area contributed by atoms with Crippen molar-refractivity contribution < 1.29 is 14.3 Å². The third-order valence-electron chi connectivity index (χ3n) is 3.38. The minimum Gasteiger partial charge on any atom is -0.466 e. The Morgan fingerprint density at radius 1 is 1.40 bits per heavy atom. The van der Waals surface area contributed by atoms with E-state index in [1.54, 1.807) is 38.2 Å². The lowest BCUT2D eigenvalue weighted by molar-refractivity contribution is -0.136. The van der Waals surface area contributed by atoms with Crippen LogP contribution in [0.15, 0.2) is 35.5 Å². The molecule has 0 aliphatic carbocycles. The van der Waals surface area contributed by atoms with E-state index in [0.29, 0.717) is 21.9 Å². The molecule has 0 aromatic heterocycles. The molecule has 106 valence electrons. The fraction of sp³-hybridized carbons (Fsp3) is 0.286. The second-order valence-corrected chi connectivity index (χ2v) is 4.86. The molecule has 1 atom stereocenters. The van der Waals surface area contributed by atoms with Crippen LogP contribution < -0.4 is 5.32 Å². The summed E-state index contributed by atoms with van der Waals surface area (Å²) in [6.45, 7) is 1.70. The maximum Gasteiger partial charge on any atom is 0.337 e. The van der Waals surface area contributed by atoms with Gasteiger partial charge in [-0.3, -0.25) is 0 Å². The van der Waals surface area contributed by atoms with E-state index in [-0.39, 0.29) is 6.03 Å². The van der Waals surface area contributed by atoms with Crippen LogP contribution >= 0.6 is 11.6 Å². The number of esters is 1. The number of carbonyl (C=O) groups excluding carboxylic acids is 2. The summed E-state index contributed by atoms with van der Waals surface area (Å²) >= 11 is 6.16. The zero-order chi connectivity index (χ0) is 14.9. The van der Waals surface area contributed by atoms with E-state index in [2.05, 4.69) is 5.32 Å². The molecule has 6 heteroatoms. The second-order valence-electron chi connectivity index (χ2n) is 4.45. The van der Waals surface area contributed by atoms with Crippen LogP contribution in [0.3, 0.4) is 0 Å². The van der Waals surface area contributed by atoms with Gasteiger partial charge in [-0.1, -0.05) is 29.8 Å². The standard InChI is InChI=1S/C14H15ClN2O3/c1-8-11(13(18)20-3)12(16-14(19)17(8)2)9-6-4-5-7-10(9)15/h4-7,12H,1-3H3,(H,16,19)/t12-/m0/s1. The predicted octanol–water partition coefficient (Wildman–Crippen LogP) is 2.48. The zero-order valence-corrected chi connectivity index (χ0v) is 12.2. The van der Waals surface area contributed by atoms with Gasteiger partial charge in [-0.15, -0.1) is 0 Å². The predicted molar refractivity (Wildman–Crippen MR) is 75.2 cm³/mol. The average Bonchev–Trinajstić information content (AvgIpc) is 2.44. The van der Waals surface area contributed by atoms with Crippen LogP contribution in [0.2, 0.25) is 5.02 Å². The molecule has 20 heavy (non-hydrogen) atoms. The highest BCUT2D eigenvalue weighted by Crippen LogP contribution is 2.33. The molecule has 0 radical (unpaired) electrons. The summed E-state index contributed by atoms with van der Waals surface area (Å²) in [6, 6.07) is 6.17. The van der Waals surface area contributed by atoms with E-state index in [1.807, 2.05) is 0 Å². The summed E-state index contributed by atoms with van der Waals surface area (Å²) in [5.74, 6) is -0.487. The van der Waals surface area contributed by atoms with Crippen molar-refractivity contribution >= 4 is 23.6 Å². The first-order chi connectivity index (χ1) is 9.47. The summed E-state index contributed by atoms with van der Waals surface area (Å²) in [5.41, 5.74) is 1.59. The Hall–Kier alpha value is -2.01. The topological polar surface area (TPSA) is 58.6 Å². The number of benzene rings is 1. The van der Waals surface area contributed by atoms with Gasteiger partial charge in [0.1, 0.15) is 0 Å². The van der Waals surface area contributed by atoms with Gasteiger partial charge < -0.3 is 15.0 Å². The first-order valence-electron chi connectivity index (χ1n) is 6.05. The molecule has 0 saturated heterocycles. The Morgan fingerprint density at radius 2 is 2.05 bits per heavy atom. The lowest BCUT2D eigenvalue weighted by Crippen LogP contribution is -2.46. The lowest BCUT2D eigenvalue weighted by Gasteiger charge is -2.33. The van der Waals surface area contributed by atoms with Gasteiger partial charge in [0.25, 0.3) is 0 Å². The van der Waals surface area contributed by atoms with Crippen molar-refractivity contribution in [2.24, 2.45) is 0 Å². The Morgan fingerprint density at radius 3 is 2.65 bits per heavy atom. The van der Waals surface area contributed by atoms with Crippen molar-refractivity contribution in [3.63, 3.8) is 0 Å². The number of ether oxygens (including phenoxy) is 1. The van der Waals surface area contributed by atoms with Gasteiger partial charge in [-0.25, -0.2) is 9.59 Å². The highest BCUT2D eigenvalue weighted by molar-refractivity contribution is 6.31. The molecule has 0 saturated carbocycles. The zero-order valence-electron chi connectivity index (χ0n) is 11.4. The van der Waals surface area contributed by atoms with Gasteiger partial charge in [0.15, 0.2) is 0 Å².